The molecule has 2 N–H and O–H groups in total. The van der Waals surface area contributed by atoms with Crippen LogP contribution < -0.4 is 10.6 Å². The lowest BCUT2D eigenvalue weighted by molar-refractivity contribution is -0.123. The molecule has 0 spiro atoms. The van der Waals surface area contributed by atoms with E-state index in [4.69, 9.17) is 0 Å². The van der Waals surface area contributed by atoms with Gasteiger partial charge < -0.3 is 10.6 Å². The number of hydrogen-bond acceptors (Lipinski definition) is 3. The molecule has 1 amide bonds. The van der Waals surface area contributed by atoms with Gasteiger partial charge in [0.25, 0.3) is 0 Å². The molecule has 0 saturated carbocycles. The fourth-order valence-corrected chi connectivity index (χ4v) is 1.73. The maximum atomic E-state index is 11.9. The molecule has 1 aromatic rings. The number of nitrogens with zero attached hydrogens (tertiary/aromatic N) is 1. The second-order valence-electron chi connectivity index (χ2n) is 4.62. The number of carbonyl (C=O) groups excluding carboxylic acids is 1. The first-order chi connectivity index (χ1) is 8.63. The lowest BCUT2D eigenvalue weighted by Crippen LogP contribution is -2.45. The Balaban J connectivity index is 2.32. The molecule has 0 radical (unpaired) electrons. The summed E-state index contributed by atoms with van der Waals surface area (Å²) >= 11 is 0. The van der Waals surface area contributed by atoms with Gasteiger partial charge in [0.05, 0.1) is 11.7 Å². The van der Waals surface area contributed by atoms with E-state index < -0.39 is 0 Å². The Hall–Kier alpha value is -1.42. The van der Waals surface area contributed by atoms with E-state index in [0.29, 0.717) is 6.54 Å². The maximum absolute atomic E-state index is 11.9. The third kappa shape index (κ3) is 5.27. The van der Waals surface area contributed by atoms with Crippen molar-refractivity contribution in [1.82, 2.24) is 15.6 Å². The number of nitrogens with one attached hydrogen (secondary N) is 2. The molecule has 4 nitrogen and oxygen atoms in total. The quantitative estimate of drug-likeness (QED) is 0.775. The molecule has 1 heterocycles. The topological polar surface area (TPSA) is 54.0 Å². The Morgan fingerprint density at radius 1 is 1.39 bits per heavy atom. The van der Waals surface area contributed by atoms with E-state index in [1.165, 1.54) is 0 Å². The largest absolute Gasteiger partial charge is 0.352 e. The third-order valence-electron chi connectivity index (χ3n) is 2.82. The van der Waals surface area contributed by atoms with Gasteiger partial charge in [-0.25, -0.2) is 0 Å². The van der Waals surface area contributed by atoms with Gasteiger partial charge in [0.1, 0.15) is 0 Å². The van der Waals surface area contributed by atoms with Crippen LogP contribution in [-0.2, 0) is 11.3 Å². The molecule has 4 heteroatoms. The van der Waals surface area contributed by atoms with Crippen LogP contribution >= 0.6 is 0 Å². The van der Waals surface area contributed by atoms with Crippen molar-refractivity contribution in [3.8, 4) is 0 Å². The summed E-state index contributed by atoms with van der Waals surface area (Å²) < 4.78 is 0. The van der Waals surface area contributed by atoms with E-state index in [-0.39, 0.29) is 18.0 Å². The molecule has 0 saturated heterocycles. The minimum absolute atomic E-state index is 0.0480. The standard InChI is InChI=1S/C14H23N3O/c1-4-7-11(2)17-14(18)12(3)16-10-13-8-5-6-9-15-13/h5-6,8-9,11-12,16H,4,7,10H2,1-3H3,(H,17,18). The van der Waals surface area contributed by atoms with Crippen molar-refractivity contribution in [3.63, 3.8) is 0 Å². The van der Waals surface area contributed by atoms with Crippen LogP contribution in [0.25, 0.3) is 0 Å². The van der Waals surface area contributed by atoms with Gasteiger partial charge in [-0.05, 0) is 32.4 Å². The summed E-state index contributed by atoms with van der Waals surface area (Å²) in [5, 5.41) is 6.17. The predicted octanol–water partition coefficient (Wildman–Crippen LogP) is 1.86. The van der Waals surface area contributed by atoms with Crippen LogP contribution in [0.3, 0.4) is 0 Å². The van der Waals surface area contributed by atoms with E-state index >= 15 is 0 Å². The van der Waals surface area contributed by atoms with E-state index in [1.54, 1.807) is 6.20 Å². The molecule has 2 unspecified atom stereocenters. The third-order valence-corrected chi connectivity index (χ3v) is 2.82. The first-order valence-electron chi connectivity index (χ1n) is 6.57. The molecule has 1 aromatic heterocycles. The Morgan fingerprint density at radius 2 is 2.17 bits per heavy atom. The zero-order valence-electron chi connectivity index (χ0n) is 11.4. The fourth-order valence-electron chi connectivity index (χ4n) is 1.73. The highest BCUT2D eigenvalue weighted by molar-refractivity contribution is 5.81. The lowest BCUT2D eigenvalue weighted by Gasteiger charge is -2.17. The van der Waals surface area contributed by atoms with Crippen molar-refractivity contribution in [2.75, 3.05) is 0 Å². The second kappa shape index (κ2) is 7.82. The van der Waals surface area contributed by atoms with E-state index in [0.717, 1.165) is 18.5 Å². The van der Waals surface area contributed by atoms with Crippen LogP contribution in [-0.4, -0.2) is 23.0 Å². The summed E-state index contributed by atoms with van der Waals surface area (Å²) in [5.74, 6) is 0.0480. The molecule has 0 fully saturated rings. The molecule has 0 aromatic carbocycles. The van der Waals surface area contributed by atoms with Crippen molar-refractivity contribution >= 4 is 5.91 Å². The van der Waals surface area contributed by atoms with E-state index in [2.05, 4.69) is 22.5 Å². The van der Waals surface area contributed by atoms with Crippen LogP contribution in [0.2, 0.25) is 0 Å². The van der Waals surface area contributed by atoms with Crippen molar-refractivity contribution in [3.05, 3.63) is 30.1 Å². The SMILES string of the molecule is CCCC(C)NC(=O)C(C)NCc1ccccn1. The highest BCUT2D eigenvalue weighted by Crippen LogP contribution is 1.97. The van der Waals surface area contributed by atoms with Crippen molar-refractivity contribution in [1.29, 1.82) is 0 Å². The van der Waals surface area contributed by atoms with Crippen LogP contribution in [0.15, 0.2) is 24.4 Å². The molecule has 0 aliphatic rings. The summed E-state index contributed by atoms with van der Waals surface area (Å²) in [5.41, 5.74) is 0.943. The molecular formula is C14H23N3O. The van der Waals surface area contributed by atoms with Gasteiger partial charge in [0.2, 0.25) is 5.91 Å². The molecule has 0 aliphatic carbocycles. The molecule has 0 aliphatic heterocycles. The number of rotatable bonds is 7. The number of pyridine rings is 1. The van der Waals surface area contributed by atoms with Gasteiger partial charge in [-0.2, -0.15) is 0 Å². The van der Waals surface area contributed by atoms with Crippen LogP contribution in [0.4, 0.5) is 0 Å². The average molecular weight is 249 g/mol. The van der Waals surface area contributed by atoms with Crippen molar-refractivity contribution < 1.29 is 4.79 Å². The fraction of sp³-hybridized carbons (Fsp3) is 0.571. The monoisotopic (exact) mass is 249 g/mol. The minimum atomic E-state index is -0.202. The smallest absolute Gasteiger partial charge is 0.237 e. The highest BCUT2D eigenvalue weighted by atomic mass is 16.2. The van der Waals surface area contributed by atoms with Crippen LogP contribution in [0.5, 0.6) is 0 Å². The molecule has 0 bridgehead atoms. The van der Waals surface area contributed by atoms with Gasteiger partial charge in [-0.1, -0.05) is 19.4 Å². The van der Waals surface area contributed by atoms with Gasteiger partial charge in [0.15, 0.2) is 0 Å². The van der Waals surface area contributed by atoms with Crippen molar-refractivity contribution in [2.24, 2.45) is 0 Å². The molecule has 1 rings (SSSR count). The Morgan fingerprint density at radius 3 is 2.78 bits per heavy atom. The molecule has 18 heavy (non-hydrogen) atoms. The van der Waals surface area contributed by atoms with E-state index in [1.807, 2.05) is 32.0 Å². The summed E-state index contributed by atoms with van der Waals surface area (Å²) in [7, 11) is 0. The number of hydrogen-bond donors (Lipinski definition) is 2. The van der Waals surface area contributed by atoms with Crippen molar-refractivity contribution in [2.45, 2.75) is 52.2 Å². The highest BCUT2D eigenvalue weighted by Gasteiger charge is 2.14. The summed E-state index contributed by atoms with van der Waals surface area (Å²) in [6.45, 7) is 6.63. The Bertz CT molecular complexity index is 353. The summed E-state index contributed by atoms with van der Waals surface area (Å²) in [6, 6.07) is 5.80. The number of carbonyl (C=O) groups is 1. The first kappa shape index (κ1) is 14.6. The van der Waals surface area contributed by atoms with Crippen LogP contribution in [0.1, 0.15) is 39.3 Å². The summed E-state index contributed by atoms with van der Waals surface area (Å²) in [4.78, 5) is 16.1. The van der Waals surface area contributed by atoms with Gasteiger partial charge in [-0.15, -0.1) is 0 Å². The molecule has 2 atom stereocenters. The molecular weight excluding hydrogens is 226 g/mol. The predicted molar refractivity (Wildman–Crippen MR) is 73.1 cm³/mol. The Kier molecular flexibility index (Phi) is 6.36. The van der Waals surface area contributed by atoms with Gasteiger partial charge in [0, 0.05) is 18.8 Å². The Labute approximate surface area is 109 Å². The molecule has 100 valence electrons. The zero-order valence-corrected chi connectivity index (χ0v) is 11.4. The first-order valence-corrected chi connectivity index (χ1v) is 6.57. The average Bonchev–Trinajstić information content (AvgIpc) is 2.37. The normalized spacial score (nSPS) is 13.9. The van der Waals surface area contributed by atoms with Crippen LogP contribution in [0, 0.1) is 0 Å². The maximum Gasteiger partial charge on any atom is 0.237 e. The number of aromatic nitrogens is 1. The van der Waals surface area contributed by atoms with E-state index in [9.17, 15) is 4.79 Å². The van der Waals surface area contributed by atoms with Gasteiger partial charge >= 0.3 is 0 Å². The van der Waals surface area contributed by atoms with Gasteiger partial charge in [-0.3, -0.25) is 9.78 Å². The minimum Gasteiger partial charge on any atom is -0.352 e. The lowest BCUT2D eigenvalue weighted by atomic mass is 10.2. The zero-order chi connectivity index (χ0) is 13.4. The summed E-state index contributed by atoms with van der Waals surface area (Å²) in [6.07, 6.45) is 3.85. The second-order valence-corrected chi connectivity index (χ2v) is 4.62. The number of amides is 1.